The normalized spacial score (nSPS) is 10.2. The van der Waals surface area contributed by atoms with Crippen molar-refractivity contribution in [2.45, 2.75) is 26.2 Å². The van der Waals surface area contributed by atoms with E-state index in [1.165, 1.54) is 19.3 Å². The van der Waals surface area contributed by atoms with E-state index in [2.05, 4.69) is 12.2 Å². The number of nitrogen functional groups attached to an aromatic ring is 1. The van der Waals surface area contributed by atoms with Gasteiger partial charge in [0.05, 0.1) is 5.75 Å². The Labute approximate surface area is 107 Å². The monoisotopic (exact) mass is 252 g/mol. The van der Waals surface area contributed by atoms with Crippen LogP contribution in [0.3, 0.4) is 0 Å². The molecule has 0 aromatic heterocycles. The number of thioether (sulfide) groups is 1. The molecule has 0 saturated carbocycles. The van der Waals surface area contributed by atoms with E-state index >= 15 is 0 Å². The van der Waals surface area contributed by atoms with Crippen LogP contribution in [0.15, 0.2) is 24.3 Å². The van der Waals surface area contributed by atoms with E-state index in [9.17, 15) is 4.79 Å². The first-order valence-corrected chi connectivity index (χ1v) is 7.11. The molecule has 4 heteroatoms. The zero-order valence-electron chi connectivity index (χ0n) is 10.2. The number of rotatable bonds is 7. The summed E-state index contributed by atoms with van der Waals surface area (Å²) in [5.41, 5.74) is 7.08. The number of nitrogens with one attached hydrogen (secondary N) is 1. The van der Waals surface area contributed by atoms with E-state index in [0.29, 0.717) is 11.4 Å². The van der Waals surface area contributed by atoms with Crippen LogP contribution in [-0.4, -0.2) is 17.4 Å². The molecule has 0 aliphatic rings. The van der Waals surface area contributed by atoms with Gasteiger partial charge in [0.15, 0.2) is 0 Å². The van der Waals surface area contributed by atoms with Crippen LogP contribution in [0.2, 0.25) is 0 Å². The lowest BCUT2D eigenvalue weighted by Gasteiger charge is -2.05. The summed E-state index contributed by atoms with van der Waals surface area (Å²) in [4.78, 5) is 11.6. The smallest absolute Gasteiger partial charge is 0.234 e. The lowest BCUT2D eigenvalue weighted by Crippen LogP contribution is -2.14. The fourth-order valence-corrected chi connectivity index (χ4v) is 2.19. The number of carbonyl (C=O) groups excluding carboxylic acids is 1. The van der Waals surface area contributed by atoms with E-state index in [1.54, 1.807) is 23.9 Å². The third-order valence-electron chi connectivity index (χ3n) is 2.32. The van der Waals surface area contributed by atoms with E-state index in [4.69, 9.17) is 5.73 Å². The number of hydrogen-bond donors (Lipinski definition) is 2. The topological polar surface area (TPSA) is 55.1 Å². The Bertz CT molecular complexity index is 338. The summed E-state index contributed by atoms with van der Waals surface area (Å²) in [6.07, 6.45) is 3.65. The Morgan fingerprint density at radius 2 is 2.00 bits per heavy atom. The molecule has 17 heavy (non-hydrogen) atoms. The zero-order chi connectivity index (χ0) is 12.5. The van der Waals surface area contributed by atoms with Gasteiger partial charge in [0.2, 0.25) is 5.91 Å². The van der Waals surface area contributed by atoms with Crippen LogP contribution in [0.5, 0.6) is 0 Å². The van der Waals surface area contributed by atoms with E-state index in [-0.39, 0.29) is 5.91 Å². The van der Waals surface area contributed by atoms with E-state index in [1.807, 2.05) is 12.1 Å². The van der Waals surface area contributed by atoms with Crippen molar-refractivity contribution in [2.24, 2.45) is 0 Å². The van der Waals surface area contributed by atoms with Crippen molar-refractivity contribution in [2.75, 3.05) is 22.6 Å². The molecule has 0 aliphatic heterocycles. The van der Waals surface area contributed by atoms with Crippen molar-refractivity contribution in [3.8, 4) is 0 Å². The van der Waals surface area contributed by atoms with Crippen LogP contribution in [0.4, 0.5) is 11.4 Å². The summed E-state index contributed by atoms with van der Waals surface area (Å²) < 4.78 is 0. The molecule has 0 unspecified atom stereocenters. The highest BCUT2D eigenvalue weighted by Crippen LogP contribution is 2.12. The van der Waals surface area contributed by atoms with Crippen LogP contribution < -0.4 is 11.1 Å². The van der Waals surface area contributed by atoms with Gasteiger partial charge < -0.3 is 11.1 Å². The lowest BCUT2D eigenvalue weighted by atomic mass is 10.3. The standard InChI is InChI=1S/C13H20N2OS/c1-2-3-4-9-17-10-13(16)15-12-7-5-11(14)6-8-12/h5-8H,2-4,9-10,14H2,1H3,(H,15,16). The molecule has 0 fully saturated rings. The first kappa shape index (κ1) is 13.9. The SMILES string of the molecule is CCCCCSCC(=O)Nc1ccc(N)cc1. The van der Waals surface area contributed by atoms with Crippen molar-refractivity contribution < 1.29 is 4.79 Å². The molecule has 0 saturated heterocycles. The highest BCUT2D eigenvalue weighted by Gasteiger charge is 2.01. The van der Waals surface area contributed by atoms with Gasteiger partial charge in [-0.3, -0.25) is 4.79 Å². The number of amides is 1. The minimum absolute atomic E-state index is 0.0521. The number of nitrogens with two attached hydrogens (primary N) is 1. The van der Waals surface area contributed by atoms with Crippen molar-refractivity contribution in [1.29, 1.82) is 0 Å². The third-order valence-corrected chi connectivity index (χ3v) is 3.36. The molecule has 0 radical (unpaired) electrons. The van der Waals surface area contributed by atoms with Crippen molar-refractivity contribution >= 4 is 29.0 Å². The minimum Gasteiger partial charge on any atom is -0.399 e. The maximum atomic E-state index is 11.6. The van der Waals surface area contributed by atoms with Crippen molar-refractivity contribution in [1.82, 2.24) is 0 Å². The Balaban J connectivity index is 2.18. The quantitative estimate of drug-likeness (QED) is 0.579. The predicted molar refractivity (Wildman–Crippen MR) is 76.3 cm³/mol. The van der Waals surface area contributed by atoms with Gasteiger partial charge in [0, 0.05) is 11.4 Å². The average Bonchev–Trinajstić information content (AvgIpc) is 2.32. The fraction of sp³-hybridized carbons (Fsp3) is 0.462. The summed E-state index contributed by atoms with van der Waals surface area (Å²) in [5.74, 6) is 1.63. The van der Waals surface area contributed by atoms with Crippen LogP contribution in [0.1, 0.15) is 26.2 Å². The Kier molecular flexibility index (Phi) is 6.55. The van der Waals surface area contributed by atoms with Gasteiger partial charge in [-0.2, -0.15) is 11.8 Å². The molecule has 1 rings (SSSR count). The number of unbranched alkanes of at least 4 members (excludes halogenated alkanes) is 2. The van der Waals surface area contributed by atoms with Gasteiger partial charge in [-0.1, -0.05) is 19.8 Å². The molecule has 1 aromatic carbocycles. The van der Waals surface area contributed by atoms with Crippen LogP contribution >= 0.6 is 11.8 Å². The molecule has 94 valence electrons. The molecule has 0 spiro atoms. The molecular weight excluding hydrogens is 232 g/mol. The van der Waals surface area contributed by atoms with E-state index in [0.717, 1.165) is 11.4 Å². The van der Waals surface area contributed by atoms with Crippen molar-refractivity contribution in [3.63, 3.8) is 0 Å². The number of hydrogen-bond acceptors (Lipinski definition) is 3. The number of anilines is 2. The Morgan fingerprint density at radius 3 is 2.65 bits per heavy atom. The molecule has 3 nitrogen and oxygen atoms in total. The predicted octanol–water partition coefficient (Wildman–Crippen LogP) is 3.13. The molecule has 1 amide bonds. The molecule has 0 bridgehead atoms. The highest BCUT2D eigenvalue weighted by atomic mass is 32.2. The first-order chi connectivity index (χ1) is 8.22. The number of benzene rings is 1. The minimum atomic E-state index is 0.0521. The Hall–Kier alpha value is -1.16. The second-order valence-corrected chi connectivity index (χ2v) is 5.04. The average molecular weight is 252 g/mol. The summed E-state index contributed by atoms with van der Waals surface area (Å²) in [5, 5.41) is 2.84. The summed E-state index contributed by atoms with van der Waals surface area (Å²) in [6.45, 7) is 2.18. The van der Waals surface area contributed by atoms with Gasteiger partial charge in [-0.25, -0.2) is 0 Å². The van der Waals surface area contributed by atoms with Gasteiger partial charge in [-0.15, -0.1) is 0 Å². The summed E-state index contributed by atoms with van der Waals surface area (Å²) in [7, 11) is 0. The van der Waals surface area contributed by atoms with Crippen LogP contribution in [0.25, 0.3) is 0 Å². The second-order valence-electron chi connectivity index (χ2n) is 3.93. The van der Waals surface area contributed by atoms with Crippen molar-refractivity contribution in [3.05, 3.63) is 24.3 Å². The summed E-state index contributed by atoms with van der Waals surface area (Å²) in [6, 6.07) is 7.19. The van der Waals surface area contributed by atoms with Gasteiger partial charge in [0.1, 0.15) is 0 Å². The molecule has 0 aliphatic carbocycles. The highest BCUT2D eigenvalue weighted by molar-refractivity contribution is 7.99. The fourth-order valence-electron chi connectivity index (χ4n) is 1.38. The van der Waals surface area contributed by atoms with Gasteiger partial charge >= 0.3 is 0 Å². The molecule has 1 aromatic rings. The van der Waals surface area contributed by atoms with Gasteiger partial charge in [0.25, 0.3) is 0 Å². The van der Waals surface area contributed by atoms with Gasteiger partial charge in [-0.05, 0) is 36.4 Å². The zero-order valence-corrected chi connectivity index (χ0v) is 11.1. The molecule has 0 atom stereocenters. The molecule has 0 heterocycles. The Morgan fingerprint density at radius 1 is 1.29 bits per heavy atom. The molecular formula is C13H20N2OS. The summed E-state index contributed by atoms with van der Waals surface area (Å²) >= 11 is 1.69. The second kappa shape index (κ2) is 8.01. The lowest BCUT2D eigenvalue weighted by molar-refractivity contribution is -0.113. The maximum absolute atomic E-state index is 11.6. The molecule has 3 N–H and O–H groups in total. The maximum Gasteiger partial charge on any atom is 0.234 e. The number of carbonyl (C=O) groups is 1. The third kappa shape index (κ3) is 6.22. The largest absolute Gasteiger partial charge is 0.399 e. The first-order valence-electron chi connectivity index (χ1n) is 5.95. The van der Waals surface area contributed by atoms with Crippen LogP contribution in [0, 0.1) is 0 Å². The van der Waals surface area contributed by atoms with E-state index < -0.39 is 0 Å². The van der Waals surface area contributed by atoms with Crippen LogP contribution in [-0.2, 0) is 4.79 Å².